The van der Waals surface area contributed by atoms with Crippen LogP contribution in [0.2, 0.25) is 0 Å². The maximum Gasteiger partial charge on any atom is 0.469 e. The molecule has 2 rings (SSSR count). The number of phosphoric ester groups is 1. The average molecular weight is 325 g/mol. The summed E-state index contributed by atoms with van der Waals surface area (Å²) in [4.78, 5) is 46.5. The Morgan fingerprint density at radius 1 is 1.38 bits per heavy atom. The second-order valence-corrected chi connectivity index (χ2v) is 5.33. The first kappa shape index (κ1) is 15.9. The molecule has 1 fully saturated rings. The second-order valence-electron chi connectivity index (χ2n) is 4.09. The highest BCUT2D eigenvalue weighted by atomic mass is 31.2. The molecule has 13 heteroatoms. The molecule has 12 nitrogen and oxygen atoms in total. The Balaban J connectivity index is 2.18. The van der Waals surface area contributed by atoms with Gasteiger partial charge in [0, 0.05) is 12.3 Å². The Morgan fingerprint density at radius 2 is 2.05 bits per heavy atom. The van der Waals surface area contributed by atoms with Crippen LogP contribution in [0.3, 0.4) is 0 Å². The van der Waals surface area contributed by atoms with Crippen molar-refractivity contribution >= 4 is 7.82 Å². The summed E-state index contributed by atoms with van der Waals surface area (Å²) in [6.07, 6.45) is -3.65. The number of hydrogen-bond acceptors (Lipinski definition) is 8. The van der Waals surface area contributed by atoms with Gasteiger partial charge in [-0.15, -0.1) is 0 Å². The summed E-state index contributed by atoms with van der Waals surface area (Å²) in [5, 5.41) is 20.0. The molecule has 0 aliphatic carbocycles. The highest BCUT2D eigenvalue weighted by Gasteiger charge is 2.43. The zero-order valence-electron chi connectivity index (χ0n) is 10.3. The first-order valence-corrected chi connectivity index (χ1v) is 7.06. The van der Waals surface area contributed by atoms with Crippen molar-refractivity contribution in [2.24, 2.45) is 0 Å². The summed E-state index contributed by atoms with van der Waals surface area (Å²) in [5.41, 5.74) is -1.61. The first-order chi connectivity index (χ1) is 9.69. The van der Waals surface area contributed by atoms with E-state index in [1.807, 2.05) is 4.98 Å². The Bertz CT molecular complexity index is 665. The number of rotatable bonds is 4. The van der Waals surface area contributed by atoms with Crippen LogP contribution in [-0.4, -0.2) is 54.7 Å². The molecule has 0 unspecified atom stereocenters. The number of aliphatic hydroxyl groups is 2. The lowest BCUT2D eigenvalue weighted by Crippen LogP contribution is -2.48. The molecule has 0 amide bonds. The van der Waals surface area contributed by atoms with Crippen molar-refractivity contribution in [2.75, 3.05) is 11.8 Å². The number of hydroxylamine groups is 1. The summed E-state index contributed by atoms with van der Waals surface area (Å²) < 4.78 is 15.4. The molecule has 1 aliphatic heterocycles. The SMILES string of the molecule is O=c1ccn(N2O[C@H](COP(=O)(O)O)[C@@H](O)[C@H]2O)c(=O)[nH]1. The molecule has 1 aromatic heterocycles. The molecule has 5 N–H and O–H groups in total. The van der Waals surface area contributed by atoms with Crippen LogP contribution in [0.25, 0.3) is 0 Å². The van der Waals surface area contributed by atoms with Crippen molar-refractivity contribution in [3.05, 3.63) is 33.1 Å². The molecule has 2 heterocycles. The van der Waals surface area contributed by atoms with Gasteiger partial charge in [-0.05, 0) is 0 Å². The van der Waals surface area contributed by atoms with Crippen LogP contribution in [0.4, 0.5) is 0 Å². The normalized spacial score (nSPS) is 26.3. The van der Waals surface area contributed by atoms with Crippen LogP contribution < -0.4 is 16.4 Å². The third kappa shape index (κ3) is 3.57. The van der Waals surface area contributed by atoms with Crippen LogP contribution in [0.5, 0.6) is 0 Å². The molecule has 1 aromatic rings. The number of aromatic amines is 1. The van der Waals surface area contributed by atoms with Gasteiger partial charge in [0.15, 0.2) is 6.23 Å². The van der Waals surface area contributed by atoms with Crippen LogP contribution in [0.15, 0.2) is 21.9 Å². The zero-order valence-corrected chi connectivity index (χ0v) is 11.2. The van der Waals surface area contributed by atoms with E-state index in [1.54, 1.807) is 0 Å². The van der Waals surface area contributed by atoms with Crippen molar-refractivity contribution in [1.82, 2.24) is 9.66 Å². The lowest BCUT2D eigenvalue weighted by molar-refractivity contribution is -0.0231. The number of aliphatic hydroxyl groups excluding tert-OH is 2. The molecule has 118 valence electrons. The predicted octanol–water partition coefficient (Wildman–Crippen LogP) is -3.42. The van der Waals surface area contributed by atoms with Crippen LogP contribution in [0.1, 0.15) is 0 Å². The smallest absolute Gasteiger partial charge is 0.385 e. The number of aromatic nitrogens is 2. The van der Waals surface area contributed by atoms with E-state index in [1.165, 1.54) is 0 Å². The molecule has 1 aliphatic rings. The van der Waals surface area contributed by atoms with Gasteiger partial charge in [0.25, 0.3) is 5.56 Å². The van der Waals surface area contributed by atoms with Gasteiger partial charge in [-0.2, -0.15) is 9.85 Å². The number of nitrogens with one attached hydrogen (secondary N) is 1. The van der Waals surface area contributed by atoms with E-state index in [-0.39, 0.29) is 0 Å². The van der Waals surface area contributed by atoms with E-state index in [9.17, 15) is 24.4 Å². The van der Waals surface area contributed by atoms with E-state index >= 15 is 0 Å². The van der Waals surface area contributed by atoms with Crippen molar-refractivity contribution in [2.45, 2.75) is 18.4 Å². The molecule has 0 saturated carbocycles. The highest BCUT2D eigenvalue weighted by Crippen LogP contribution is 2.36. The fraction of sp³-hybridized carbons (Fsp3) is 0.500. The maximum absolute atomic E-state index is 11.5. The summed E-state index contributed by atoms with van der Waals surface area (Å²) in [6.45, 7) is -0.725. The largest absolute Gasteiger partial charge is 0.469 e. The number of H-pyrrole nitrogens is 1. The molecular weight excluding hydrogens is 313 g/mol. The summed E-state index contributed by atoms with van der Waals surface area (Å²) >= 11 is 0. The van der Waals surface area contributed by atoms with Crippen LogP contribution in [-0.2, 0) is 13.9 Å². The van der Waals surface area contributed by atoms with Gasteiger partial charge in [-0.3, -0.25) is 14.3 Å². The molecule has 0 bridgehead atoms. The standard InChI is InChI=1S/C8H12N3O9P/c12-5-1-2-10(8(15)9-5)11-7(14)6(13)4(20-11)3-19-21(16,17)18/h1-2,4,6-7,13-14H,3H2,(H,9,12,15)(H2,16,17,18)/t4-,6-,7-/m1/s1. The van der Waals surface area contributed by atoms with E-state index in [4.69, 9.17) is 14.6 Å². The lowest BCUT2D eigenvalue weighted by Gasteiger charge is -2.21. The average Bonchev–Trinajstić information content (AvgIpc) is 2.64. The molecule has 0 spiro atoms. The Morgan fingerprint density at radius 3 is 2.62 bits per heavy atom. The van der Waals surface area contributed by atoms with Gasteiger partial charge in [-0.25, -0.2) is 14.2 Å². The minimum Gasteiger partial charge on any atom is -0.385 e. The van der Waals surface area contributed by atoms with Gasteiger partial charge in [-0.1, -0.05) is 0 Å². The molecular formula is C8H12N3O9P. The predicted molar refractivity (Wildman–Crippen MR) is 64.4 cm³/mol. The fourth-order valence-corrected chi connectivity index (χ4v) is 1.97. The monoisotopic (exact) mass is 325 g/mol. The van der Waals surface area contributed by atoms with E-state index in [0.29, 0.717) is 9.85 Å². The summed E-state index contributed by atoms with van der Waals surface area (Å²) in [6, 6.07) is 0.976. The fourth-order valence-electron chi connectivity index (χ4n) is 1.63. The Kier molecular flexibility index (Phi) is 4.30. The first-order valence-electron chi connectivity index (χ1n) is 5.53. The van der Waals surface area contributed by atoms with Crippen LogP contribution in [0, 0.1) is 0 Å². The maximum atomic E-state index is 11.5. The van der Waals surface area contributed by atoms with E-state index in [2.05, 4.69) is 4.52 Å². The number of nitrogens with zero attached hydrogens (tertiary/aromatic N) is 2. The third-order valence-corrected chi connectivity index (χ3v) is 3.07. The minimum absolute atomic E-state index is 0.552. The van der Waals surface area contributed by atoms with Gasteiger partial charge in [0.2, 0.25) is 0 Å². The van der Waals surface area contributed by atoms with Crippen molar-refractivity contribution in [3.8, 4) is 0 Å². The number of hydrogen-bond donors (Lipinski definition) is 5. The second kappa shape index (κ2) is 5.69. The summed E-state index contributed by atoms with van der Waals surface area (Å²) in [7, 11) is -4.78. The molecule has 0 aromatic carbocycles. The van der Waals surface area contributed by atoms with E-state index < -0.39 is 44.1 Å². The minimum atomic E-state index is -4.78. The Labute approximate surface area is 115 Å². The topological polar surface area (TPSA) is 175 Å². The van der Waals surface area contributed by atoms with Crippen molar-refractivity contribution in [3.63, 3.8) is 0 Å². The molecule has 1 saturated heterocycles. The van der Waals surface area contributed by atoms with Gasteiger partial charge >= 0.3 is 13.5 Å². The van der Waals surface area contributed by atoms with Gasteiger partial charge in [0.1, 0.15) is 12.2 Å². The number of phosphoric acid groups is 1. The molecule has 3 atom stereocenters. The van der Waals surface area contributed by atoms with Crippen molar-refractivity contribution in [1.29, 1.82) is 0 Å². The quantitative estimate of drug-likeness (QED) is 0.350. The Hall–Kier alpha value is -1.53. The molecule has 21 heavy (non-hydrogen) atoms. The van der Waals surface area contributed by atoms with E-state index in [0.717, 1.165) is 12.3 Å². The highest BCUT2D eigenvalue weighted by molar-refractivity contribution is 7.46. The third-order valence-electron chi connectivity index (χ3n) is 2.58. The molecule has 0 radical (unpaired) electrons. The van der Waals surface area contributed by atoms with Gasteiger partial charge in [0.05, 0.1) is 6.61 Å². The lowest BCUT2D eigenvalue weighted by atomic mass is 10.2. The zero-order chi connectivity index (χ0) is 15.8. The van der Waals surface area contributed by atoms with Crippen LogP contribution >= 0.6 is 7.82 Å². The summed E-state index contributed by atoms with van der Waals surface area (Å²) in [5.74, 6) is 0. The van der Waals surface area contributed by atoms with Gasteiger partial charge < -0.3 is 20.0 Å². The van der Waals surface area contributed by atoms with Crippen molar-refractivity contribution < 1.29 is 33.9 Å².